The van der Waals surface area contributed by atoms with Crippen molar-refractivity contribution in [2.24, 2.45) is 5.73 Å². The molecule has 2 atom stereocenters. The second-order valence-electron chi connectivity index (χ2n) is 6.62. The molecule has 29 heavy (non-hydrogen) atoms. The van der Waals surface area contributed by atoms with Crippen LogP contribution in [0.1, 0.15) is 25.8 Å². The summed E-state index contributed by atoms with van der Waals surface area (Å²) in [6.45, 7) is 3.17. The van der Waals surface area contributed by atoms with Crippen LogP contribution in [0.2, 0.25) is 0 Å². The Bertz CT molecular complexity index is 854. The van der Waals surface area contributed by atoms with Gasteiger partial charge in [0.05, 0.1) is 18.8 Å². The number of nitrogens with zero attached hydrogens (tertiary/aromatic N) is 1. The minimum atomic E-state index is -0.860. The highest BCUT2D eigenvalue weighted by Gasteiger charge is 2.32. The highest BCUT2D eigenvalue weighted by atomic mass is 32.2. The van der Waals surface area contributed by atoms with Crippen LogP contribution in [0.4, 0.5) is 14.9 Å². The van der Waals surface area contributed by atoms with Crippen LogP contribution in [0.3, 0.4) is 0 Å². The van der Waals surface area contributed by atoms with Crippen molar-refractivity contribution in [3.05, 3.63) is 35.7 Å². The quantitative estimate of drug-likeness (QED) is 0.754. The Kier molecular flexibility index (Phi) is 7.89. The van der Waals surface area contributed by atoms with E-state index < -0.39 is 28.8 Å². The number of amides is 3. The summed E-state index contributed by atoms with van der Waals surface area (Å²) >= 11 is 0. The first-order chi connectivity index (χ1) is 13.7. The summed E-state index contributed by atoms with van der Waals surface area (Å²) in [5, 5.41) is 2.60. The minimum absolute atomic E-state index is 0.202. The molecule has 1 fully saturated rings. The largest absolute Gasteiger partial charge is 0.442 e. The van der Waals surface area contributed by atoms with Gasteiger partial charge in [0.2, 0.25) is 11.8 Å². The Hall–Kier alpha value is -2.75. The molecule has 0 aliphatic carbocycles. The second-order valence-corrected chi connectivity index (χ2v) is 8.24. The van der Waals surface area contributed by atoms with Gasteiger partial charge in [-0.15, -0.1) is 0 Å². The fourth-order valence-corrected chi connectivity index (χ4v) is 3.88. The Morgan fingerprint density at radius 2 is 2.07 bits per heavy atom. The summed E-state index contributed by atoms with van der Waals surface area (Å²) in [4.78, 5) is 33.5. The van der Waals surface area contributed by atoms with Crippen molar-refractivity contribution in [3.63, 3.8) is 0 Å². The van der Waals surface area contributed by atoms with Crippen LogP contribution in [0, 0.1) is 5.82 Å². The van der Waals surface area contributed by atoms with Crippen molar-refractivity contribution in [3.8, 4) is 0 Å². The van der Waals surface area contributed by atoms with Gasteiger partial charge in [0, 0.05) is 41.7 Å². The van der Waals surface area contributed by atoms with Crippen molar-refractivity contribution in [2.75, 3.05) is 29.5 Å². The molecule has 0 aromatic heterocycles. The summed E-state index contributed by atoms with van der Waals surface area (Å²) in [7, 11) is -0.860. The Morgan fingerprint density at radius 3 is 2.62 bits per heavy atom. The summed E-state index contributed by atoms with van der Waals surface area (Å²) in [6, 6.07) is 4.62. The average Bonchev–Trinajstić information content (AvgIpc) is 3.01. The molecule has 158 valence electrons. The number of ether oxygens (including phenoxy) is 1. The summed E-state index contributed by atoms with van der Waals surface area (Å²) in [5.74, 6) is 0.0250. The van der Waals surface area contributed by atoms with E-state index in [0.717, 1.165) is 5.57 Å². The fourth-order valence-electron chi connectivity index (χ4n) is 2.88. The maximum atomic E-state index is 14.5. The Labute approximate surface area is 170 Å². The van der Waals surface area contributed by atoms with Gasteiger partial charge in [0.25, 0.3) is 0 Å². The predicted molar refractivity (Wildman–Crippen MR) is 108 cm³/mol. The molecule has 2 aliphatic rings. The van der Waals surface area contributed by atoms with E-state index in [0.29, 0.717) is 29.2 Å². The van der Waals surface area contributed by atoms with Crippen LogP contribution >= 0.6 is 0 Å². The van der Waals surface area contributed by atoms with E-state index >= 15 is 0 Å². The van der Waals surface area contributed by atoms with Crippen molar-refractivity contribution in [2.45, 2.75) is 26.4 Å². The molecule has 1 aromatic rings. The SMILES string of the molecule is CC(=O)NCC1CN(c2ccc(C3=CCS(=O)CC3)c(F)c2)C(=O)O1.CC(N)=O. The number of carbonyl (C=O) groups is 3. The number of halogens is 1. The minimum Gasteiger partial charge on any atom is -0.442 e. The summed E-state index contributed by atoms with van der Waals surface area (Å²) in [6.07, 6.45) is 1.36. The molecule has 3 N–H and O–H groups in total. The highest BCUT2D eigenvalue weighted by Crippen LogP contribution is 2.29. The van der Waals surface area contributed by atoms with Gasteiger partial charge in [0.15, 0.2) is 0 Å². The van der Waals surface area contributed by atoms with E-state index in [1.807, 2.05) is 6.08 Å². The first kappa shape index (κ1) is 22.5. The van der Waals surface area contributed by atoms with Gasteiger partial charge in [-0.1, -0.05) is 6.08 Å². The number of hydrogen-bond donors (Lipinski definition) is 2. The lowest BCUT2D eigenvalue weighted by Gasteiger charge is -2.17. The number of benzene rings is 1. The number of allylic oxidation sites excluding steroid dienone is 1. The lowest BCUT2D eigenvalue weighted by molar-refractivity contribution is -0.119. The first-order valence-electron chi connectivity index (χ1n) is 9.00. The van der Waals surface area contributed by atoms with Crippen molar-refractivity contribution < 1.29 is 27.7 Å². The number of cyclic esters (lactones) is 1. The van der Waals surface area contributed by atoms with Gasteiger partial charge < -0.3 is 15.8 Å². The van der Waals surface area contributed by atoms with Gasteiger partial charge >= 0.3 is 6.09 Å². The molecule has 1 aromatic carbocycles. The van der Waals surface area contributed by atoms with Crippen molar-refractivity contribution in [1.82, 2.24) is 5.32 Å². The number of nitrogens with two attached hydrogens (primary N) is 1. The maximum absolute atomic E-state index is 14.5. The topological polar surface area (TPSA) is 119 Å². The molecule has 8 nitrogen and oxygen atoms in total. The van der Waals surface area contributed by atoms with Crippen molar-refractivity contribution >= 4 is 40.0 Å². The molecular weight excluding hydrogens is 401 g/mol. The normalized spacial score (nSPS) is 20.9. The zero-order valence-electron chi connectivity index (χ0n) is 16.3. The zero-order valence-corrected chi connectivity index (χ0v) is 17.1. The molecule has 2 aliphatic heterocycles. The molecule has 3 rings (SSSR count). The molecule has 2 unspecified atom stereocenters. The van der Waals surface area contributed by atoms with Crippen LogP contribution in [0.25, 0.3) is 5.57 Å². The molecule has 3 amide bonds. The third kappa shape index (κ3) is 6.67. The van der Waals surface area contributed by atoms with Crippen LogP contribution in [-0.2, 0) is 25.1 Å². The third-order valence-electron chi connectivity index (χ3n) is 4.18. The van der Waals surface area contributed by atoms with E-state index in [2.05, 4.69) is 11.1 Å². The summed E-state index contributed by atoms with van der Waals surface area (Å²) < 4.78 is 31.1. The molecule has 0 radical (unpaired) electrons. The van der Waals surface area contributed by atoms with E-state index in [9.17, 15) is 23.0 Å². The van der Waals surface area contributed by atoms with Gasteiger partial charge in [-0.3, -0.25) is 18.7 Å². The molecule has 0 bridgehead atoms. The maximum Gasteiger partial charge on any atom is 0.414 e. The Balaban J connectivity index is 0.000000687. The molecule has 0 spiro atoms. The standard InChI is InChI=1S/C17H19FN2O4S.C2H5NO/c1-11(21)19-9-14-10-20(17(22)24-14)13-2-3-15(16(18)8-13)12-4-6-25(23)7-5-12;1-2(3)4/h2-4,8,14H,5-7,9-10H2,1H3,(H,19,21);1H3,(H2,3,4). The number of rotatable bonds is 4. The van der Waals surface area contributed by atoms with Crippen LogP contribution in [-0.4, -0.2) is 52.8 Å². The number of hydrogen-bond acceptors (Lipinski definition) is 5. The molecular formula is C19H24FN3O5S. The van der Waals surface area contributed by atoms with Crippen LogP contribution in [0.15, 0.2) is 24.3 Å². The van der Waals surface area contributed by atoms with Crippen LogP contribution in [0.5, 0.6) is 0 Å². The average molecular weight is 425 g/mol. The predicted octanol–water partition coefficient (Wildman–Crippen LogP) is 1.31. The molecule has 10 heteroatoms. The van der Waals surface area contributed by atoms with E-state index in [1.54, 1.807) is 12.1 Å². The zero-order chi connectivity index (χ0) is 21.6. The second kappa shape index (κ2) is 10.1. The number of carbonyl (C=O) groups excluding carboxylic acids is 3. The fraction of sp³-hybridized carbons (Fsp3) is 0.421. The van der Waals surface area contributed by atoms with E-state index in [1.165, 1.54) is 24.8 Å². The number of primary amides is 1. The highest BCUT2D eigenvalue weighted by molar-refractivity contribution is 7.85. The van der Waals surface area contributed by atoms with E-state index in [4.69, 9.17) is 4.74 Å². The lowest BCUT2D eigenvalue weighted by Crippen LogP contribution is -2.33. The smallest absolute Gasteiger partial charge is 0.414 e. The van der Waals surface area contributed by atoms with Crippen molar-refractivity contribution in [1.29, 1.82) is 0 Å². The lowest BCUT2D eigenvalue weighted by atomic mass is 10.0. The van der Waals surface area contributed by atoms with Gasteiger partial charge in [-0.05, 0) is 30.2 Å². The summed E-state index contributed by atoms with van der Waals surface area (Å²) in [5.41, 5.74) is 6.20. The van der Waals surface area contributed by atoms with Crippen LogP contribution < -0.4 is 16.0 Å². The number of nitrogens with one attached hydrogen (secondary N) is 1. The van der Waals surface area contributed by atoms with E-state index in [-0.39, 0.29) is 24.9 Å². The molecule has 0 saturated carbocycles. The van der Waals surface area contributed by atoms with Gasteiger partial charge in [-0.25, -0.2) is 9.18 Å². The third-order valence-corrected chi connectivity index (χ3v) is 5.38. The van der Waals surface area contributed by atoms with Gasteiger partial charge in [-0.2, -0.15) is 0 Å². The Morgan fingerprint density at radius 1 is 1.38 bits per heavy atom. The number of anilines is 1. The molecule has 2 heterocycles. The molecule has 1 saturated heterocycles. The monoisotopic (exact) mass is 425 g/mol. The first-order valence-corrected chi connectivity index (χ1v) is 10.5. The van der Waals surface area contributed by atoms with Gasteiger partial charge in [0.1, 0.15) is 11.9 Å².